The molecule has 1 heterocycles. The van der Waals surface area contributed by atoms with E-state index in [1.165, 1.54) is 6.20 Å². The SMILES string of the molecule is Cc1oncc1C(=O)NCCCOCCO. The molecule has 0 atom stereocenters. The van der Waals surface area contributed by atoms with Crippen LogP contribution < -0.4 is 5.32 Å². The van der Waals surface area contributed by atoms with Crippen molar-refractivity contribution in [1.29, 1.82) is 0 Å². The van der Waals surface area contributed by atoms with Crippen molar-refractivity contribution in [2.24, 2.45) is 0 Å². The van der Waals surface area contributed by atoms with Gasteiger partial charge in [0.05, 0.1) is 19.4 Å². The van der Waals surface area contributed by atoms with Crippen LogP contribution in [0.5, 0.6) is 0 Å². The Balaban J connectivity index is 2.14. The molecule has 6 nitrogen and oxygen atoms in total. The van der Waals surface area contributed by atoms with Gasteiger partial charge in [-0.1, -0.05) is 5.16 Å². The summed E-state index contributed by atoms with van der Waals surface area (Å²) in [4.78, 5) is 11.5. The molecule has 0 spiro atoms. The largest absolute Gasteiger partial charge is 0.394 e. The zero-order chi connectivity index (χ0) is 11.8. The first-order valence-corrected chi connectivity index (χ1v) is 5.13. The Morgan fingerprint density at radius 2 is 2.44 bits per heavy atom. The van der Waals surface area contributed by atoms with Crippen molar-refractivity contribution in [2.45, 2.75) is 13.3 Å². The number of nitrogens with zero attached hydrogens (tertiary/aromatic N) is 1. The fraction of sp³-hybridized carbons (Fsp3) is 0.600. The van der Waals surface area contributed by atoms with Gasteiger partial charge in [0.15, 0.2) is 0 Å². The predicted octanol–water partition coefficient (Wildman–Crippen LogP) is 0.112. The summed E-state index contributed by atoms with van der Waals surface area (Å²) in [5.41, 5.74) is 0.455. The first kappa shape index (κ1) is 12.7. The predicted molar refractivity (Wildman–Crippen MR) is 56.1 cm³/mol. The summed E-state index contributed by atoms with van der Waals surface area (Å²) < 4.78 is 9.83. The Bertz CT molecular complexity index is 324. The number of carbonyl (C=O) groups is 1. The lowest BCUT2D eigenvalue weighted by molar-refractivity contribution is 0.0867. The highest BCUT2D eigenvalue weighted by Crippen LogP contribution is 2.04. The van der Waals surface area contributed by atoms with Crippen molar-refractivity contribution < 1.29 is 19.2 Å². The maximum atomic E-state index is 11.5. The Morgan fingerprint density at radius 1 is 1.62 bits per heavy atom. The van der Waals surface area contributed by atoms with Crippen LogP contribution in [0.15, 0.2) is 10.7 Å². The van der Waals surface area contributed by atoms with E-state index in [0.29, 0.717) is 37.5 Å². The quantitative estimate of drug-likeness (QED) is 0.647. The molecule has 0 radical (unpaired) electrons. The summed E-state index contributed by atoms with van der Waals surface area (Å²) >= 11 is 0. The molecule has 2 N–H and O–H groups in total. The molecule has 1 aromatic heterocycles. The number of ether oxygens (including phenoxy) is 1. The molecule has 0 unspecified atom stereocenters. The maximum Gasteiger partial charge on any atom is 0.256 e. The van der Waals surface area contributed by atoms with Gasteiger partial charge in [0.2, 0.25) is 0 Å². The van der Waals surface area contributed by atoms with E-state index >= 15 is 0 Å². The Morgan fingerprint density at radius 3 is 3.06 bits per heavy atom. The molecule has 1 amide bonds. The molecule has 0 saturated heterocycles. The standard InChI is InChI=1S/C10H16N2O4/c1-8-9(7-12-16-8)10(14)11-3-2-5-15-6-4-13/h7,13H,2-6H2,1H3,(H,11,14). The Hall–Kier alpha value is -1.40. The van der Waals surface area contributed by atoms with E-state index in [-0.39, 0.29) is 12.5 Å². The monoisotopic (exact) mass is 228 g/mol. The molecule has 6 heteroatoms. The molecule has 0 aliphatic carbocycles. The van der Waals surface area contributed by atoms with Gasteiger partial charge in [-0.05, 0) is 13.3 Å². The van der Waals surface area contributed by atoms with E-state index in [1.807, 2.05) is 0 Å². The van der Waals surface area contributed by atoms with Crippen molar-refractivity contribution in [3.63, 3.8) is 0 Å². The molecule has 90 valence electrons. The molecule has 1 rings (SSSR count). The topological polar surface area (TPSA) is 84.6 Å². The molecule has 0 bridgehead atoms. The van der Waals surface area contributed by atoms with Crippen LogP contribution in [0.1, 0.15) is 22.5 Å². The zero-order valence-electron chi connectivity index (χ0n) is 9.23. The van der Waals surface area contributed by atoms with Crippen molar-refractivity contribution in [3.8, 4) is 0 Å². The number of aliphatic hydroxyl groups excluding tert-OH is 1. The number of aliphatic hydroxyl groups is 1. The number of nitrogens with one attached hydrogen (secondary N) is 1. The second-order valence-electron chi connectivity index (χ2n) is 3.24. The van der Waals surface area contributed by atoms with Crippen molar-refractivity contribution in [1.82, 2.24) is 10.5 Å². The minimum atomic E-state index is -0.194. The summed E-state index contributed by atoms with van der Waals surface area (Å²) in [5.74, 6) is 0.315. The average Bonchev–Trinajstić information content (AvgIpc) is 2.69. The van der Waals surface area contributed by atoms with Gasteiger partial charge in [0, 0.05) is 13.2 Å². The highest BCUT2D eigenvalue weighted by atomic mass is 16.5. The molecular formula is C10H16N2O4. The zero-order valence-corrected chi connectivity index (χ0v) is 9.23. The van der Waals surface area contributed by atoms with E-state index < -0.39 is 0 Å². The number of hydrogen-bond acceptors (Lipinski definition) is 5. The molecule has 0 aliphatic heterocycles. The first-order valence-electron chi connectivity index (χ1n) is 5.13. The maximum absolute atomic E-state index is 11.5. The van der Waals surface area contributed by atoms with Gasteiger partial charge in [-0.15, -0.1) is 0 Å². The summed E-state index contributed by atoms with van der Waals surface area (Å²) in [6.45, 7) is 3.08. The van der Waals surface area contributed by atoms with Gasteiger partial charge in [-0.25, -0.2) is 0 Å². The van der Waals surface area contributed by atoms with Crippen LogP contribution in [0.25, 0.3) is 0 Å². The van der Waals surface area contributed by atoms with Crippen LogP contribution in [0.3, 0.4) is 0 Å². The van der Waals surface area contributed by atoms with E-state index in [4.69, 9.17) is 14.4 Å². The third-order valence-electron chi connectivity index (χ3n) is 1.98. The lowest BCUT2D eigenvalue weighted by Crippen LogP contribution is -2.25. The third-order valence-corrected chi connectivity index (χ3v) is 1.98. The molecule has 0 fully saturated rings. The van der Waals surface area contributed by atoms with Gasteiger partial charge < -0.3 is 19.7 Å². The first-order chi connectivity index (χ1) is 7.75. The number of aryl methyl sites for hydroxylation is 1. The second-order valence-corrected chi connectivity index (χ2v) is 3.24. The van der Waals surface area contributed by atoms with Gasteiger partial charge in [-0.3, -0.25) is 4.79 Å². The lowest BCUT2D eigenvalue weighted by atomic mass is 10.2. The van der Waals surface area contributed by atoms with Gasteiger partial charge in [0.25, 0.3) is 5.91 Å². The molecular weight excluding hydrogens is 212 g/mol. The number of rotatable bonds is 7. The summed E-state index contributed by atoms with van der Waals surface area (Å²) in [7, 11) is 0. The van der Waals surface area contributed by atoms with Gasteiger partial charge in [-0.2, -0.15) is 0 Å². The van der Waals surface area contributed by atoms with Crippen LogP contribution in [0.4, 0.5) is 0 Å². The Labute approximate surface area is 93.6 Å². The van der Waals surface area contributed by atoms with E-state index in [9.17, 15) is 4.79 Å². The van der Waals surface area contributed by atoms with Crippen molar-refractivity contribution >= 4 is 5.91 Å². The summed E-state index contributed by atoms with van der Waals surface area (Å²) in [6, 6.07) is 0. The van der Waals surface area contributed by atoms with Crippen molar-refractivity contribution in [3.05, 3.63) is 17.5 Å². The second kappa shape index (κ2) is 6.97. The highest BCUT2D eigenvalue weighted by Gasteiger charge is 2.11. The number of carbonyl (C=O) groups excluding carboxylic acids is 1. The van der Waals surface area contributed by atoms with Crippen LogP contribution >= 0.6 is 0 Å². The summed E-state index contributed by atoms with van der Waals surface area (Å²) in [6.07, 6.45) is 2.10. The highest BCUT2D eigenvalue weighted by molar-refractivity contribution is 5.94. The van der Waals surface area contributed by atoms with E-state index in [0.717, 1.165) is 0 Å². The summed E-state index contributed by atoms with van der Waals surface area (Å²) in [5, 5.41) is 14.7. The number of amides is 1. The molecule has 1 aromatic rings. The molecule has 0 aliphatic rings. The lowest BCUT2D eigenvalue weighted by Gasteiger charge is -2.04. The minimum Gasteiger partial charge on any atom is -0.394 e. The fourth-order valence-electron chi connectivity index (χ4n) is 1.15. The van der Waals surface area contributed by atoms with E-state index in [2.05, 4.69) is 10.5 Å². The third kappa shape index (κ3) is 4.00. The van der Waals surface area contributed by atoms with E-state index in [1.54, 1.807) is 6.92 Å². The molecule has 0 saturated carbocycles. The van der Waals surface area contributed by atoms with Crippen LogP contribution in [-0.2, 0) is 4.74 Å². The van der Waals surface area contributed by atoms with Gasteiger partial charge in [0.1, 0.15) is 11.3 Å². The molecule has 0 aromatic carbocycles. The van der Waals surface area contributed by atoms with Crippen molar-refractivity contribution in [2.75, 3.05) is 26.4 Å². The molecule has 16 heavy (non-hydrogen) atoms. The van der Waals surface area contributed by atoms with Crippen LogP contribution in [0, 0.1) is 6.92 Å². The normalized spacial score (nSPS) is 10.4. The van der Waals surface area contributed by atoms with Crippen LogP contribution in [-0.4, -0.2) is 42.5 Å². The fourth-order valence-corrected chi connectivity index (χ4v) is 1.15. The number of aromatic nitrogens is 1. The smallest absolute Gasteiger partial charge is 0.256 e. The Kier molecular flexibility index (Phi) is 5.52. The van der Waals surface area contributed by atoms with Crippen LogP contribution in [0.2, 0.25) is 0 Å². The minimum absolute atomic E-state index is 0.0201. The number of hydrogen-bond donors (Lipinski definition) is 2. The average molecular weight is 228 g/mol. The van der Waals surface area contributed by atoms with Gasteiger partial charge >= 0.3 is 0 Å².